The zero-order chi connectivity index (χ0) is 9.97. The van der Waals surface area contributed by atoms with Gasteiger partial charge in [0.25, 0.3) is 0 Å². The van der Waals surface area contributed by atoms with Crippen molar-refractivity contribution >= 4 is 0 Å². The third kappa shape index (κ3) is 1.74. The number of rotatable bonds is 2. The van der Waals surface area contributed by atoms with Crippen molar-refractivity contribution in [3.05, 3.63) is 29.3 Å². The summed E-state index contributed by atoms with van der Waals surface area (Å²) in [5, 5.41) is 22.0. The summed E-state index contributed by atoms with van der Waals surface area (Å²) >= 11 is 0. The Morgan fingerprint density at radius 3 is 2.93 bits per heavy atom. The first-order valence-corrected chi connectivity index (χ1v) is 4.97. The van der Waals surface area contributed by atoms with Gasteiger partial charge in [-0.3, -0.25) is 0 Å². The first kappa shape index (κ1) is 9.49. The van der Waals surface area contributed by atoms with Crippen molar-refractivity contribution in [2.45, 2.75) is 25.5 Å². The molecule has 3 heteroatoms. The van der Waals surface area contributed by atoms with Crippen LogP contribution in [0.1, 0.15) is 30.0 Å². The van der Waals surface area contributed by atoms with Gasteiger partial charge in [-0.15, -0.1) is 0 Å². The van der Waals surface area contributed by atoms with Crippen LogP contribution in [-0.2, 0) is 6.61 Å². The molecule has 1 aliphatic rings. The number of aromatic hydroxyl groups is 1. The van der Waals surface area contributed by atoms with Crippen LogP contribution in [0.25, 0.3) is 0 Å². The molecule has 0 radical (unpaired) electrons. The van der Waals surface area contributed by atoms with Gasteiger partial charge in [-0.25, -0.2) is 0 Å². The van der Waals surface area contributed by atoms with Crippen LogP contribution in [0.15, 0.2) is 18.2 Å². The highest BCUT2D eigenvalue weighted by Gasteiger charge is 2.19. The number of aliphatic hydroxyl groups excluding tert-OH is 1. The Bertz CT molecular complexity index is 319. The smallest absolute Gasteiger partial charge is 0.120 e. The summed E-state index contributed by atoms with van der Waals surface area (Å²) in [5.41, 5.74) is 1.76. The van der Waals surface area contributed by atoms with Crippen LogP contribution in [-0.4, -0.2) is 16.8 Å². The highest BCUT2D eigenvalue weighted by Crippen LogP contribution is 2.30. The lowest BCUT2D eigenvalue weighted by molar-refractivity contribution is 0.281. The van der Waals surface area contributed by atoms with Gasteiger partial charge in [0.2, 0.25) is 0 Å². The van der Waals surface area contributed by atoms with Crippen LogP contribution in [0.3, 0.4) is 0 Å². The van der Waals surface area contributed by atoms with E-state index in [9.17, 15) is 5.11 Å². The van der Waals surface area contributed by atoms with Crippen molar-refractivity contribution in [1.82, 2.24) is 5.32 Å². The number of phenolic OH excluding ortho intramolecular Hbond substituents is 1. The van der Waals surface area contributed by atoms with Crippen molar-refractivity contribution < 1.29 is 10.2 Å². The van der Waals surface area contributed by atoms with Gasteiger partial charge in [0.05, 0.1) is 6.61 Å². The van der Waals surface area contributed by atoms with Crippen LogP contribution in [0.2, 0.25) is 0 Å². The summed E-state index contributed by atoms with van der Waals surface area (Å²) < 4.78 is 0. The normalized spacial score (nSPS) is 21.4. The minimum absolute atomic E-state index is 0.0278. The van der Waals surface area contributed by atoms with Crippen molar-refractivity contribution in [3.8, 4) is 5.75 Å². The van der Waals surface area contributed by atoms with E-state index in [0.717, 1.165) is 30.5 Å². The molecule has 3 N–H and O–H groups in total. The van der Waals surface area contributed by atoms with Crippen molar-refractivity contribution in [2.75, 3.05) is 6.54 Å². The molecule has 1 aliphatic heterocycles. The summed E-state index contributed by atoms with van der Waals surface area (Å²) in [5.74, 6) is 0.321. The first-order chi connectivity index (χ1) is 6.81. The predicted molar refractivity (Wildman–Crippen MR) is 54.0 cm³/mol. The molecule has 0 bridgehead atoms. The zero-order valence-electron chi connectivity index (χ0n) is 8.03. The monoisotopic (exact) mass is 193 g/mol. The molecule has 76 valence electrons. The minimum Gasteiger partial charge on any atom is -0.508 e. The SMILES string of the molecule is OCc1ccc(O)c([C@H]2CCCN2)c1. The average Bonchev–Trinajstić information content (AvgIpc) is 2.71. The van der Waals surface area contributed by atoms with Gasteiger partial charge in [0, 0.05) is 11.6 Å². The van der Waals surface area contributed by atoms with E-state index >= 15 is 0 Å². The Balaban J connectivity index is 2.29. The quantitative estimate of drug-likeness (QED) is 0.663. The third-order valence-corrected chi connectivity index (χ3v) is 2.71. The molecule has 14 heavy (non-hydrogen) atoms. The van der Waals surface area contributed by atoms with E-state index in [1.54, 1.807) is 12.1 Å². The molecule has 1 heterocycles. The van der Waals surface area contributed by atoms with E-state index < -0.39 is 0 Å². The highest BCUT2D eigenvalue weighted by molar-refractivity contribution is 5.38. The topological polar surface area (TPSA) is 52.5 Å². The van der Waals surface area contributed by atoms with Crippen molar-refractivity contribution in [2.24, 2.45) is 0 Å². The number of hydrogen-bond donors (Lipinski definition) is 3. The van der Waals surface area contributed by atoms with Crippen molar-refractivity contribution in [1.29, 1.82) is 0 Å². The summed E-state index contributed by atoms with van der Waals surface area (Å²) in [6.45, 7) is 1.04. The molecular weight excluding hydrogens is 178 g/mol. The maximum atomic E-state index is 9.67. The van der Waals surface area contributed by atoms with Crippen LogP contribution in [0, 0.1) is 0 Å². The van der Waals surface area contributed by atoms with Gasteiger partial charge < -0.3 is 15.5 Å². The summed E-state index contributed by atoms with van der Waals surface area (Å²) in [6, 6.07) is 5.52. The molecule has 0 amide bonds. The Kier molecular flexibility index (Phi) is 2.70. The fraction of sp³-hybridized carbons (Fsp3) is 0.455. The minimum atomic E-state index is 0.0278. The number of nitrogens with one attached hydrogen (secondary N) is 1. The number of phenols is 1. The third-order valence-electron chi connectivity index (χ3n) is 2.71. The number of aliphatic hydroxyl groups is 1. The van der Waals surface area contributed by atoms with Gasteiger partial charge in [-0.2, -0.15) is 0 Å². The second kappa shape index (κ2) is 3.98. The molecule has 0 saturated carbocycles. The summed E-state index contributed by atoms with van der Waals surface area (Å²) in [4.78, 5) is 0. The van der Waals surface area contributed by atoms with Crippen LogP contribution in [0.4, 0.5) is 0 Å². The highest BCUT2D eigenvalue weighted by atomic mass is 16.3. The fourth-order valence-corrected chi connectivity index (χ4v) is 1.93. The molecule has 1 aromatic carbocycles. The molecule has 0 aliphatic carbocycles. The van der Waals surface area contributed by atoms with Crippen LogP contribution in [0.5, 0.6) is 5.75 Å². The number of benzene rings is 1. The van der Waals surface area contributed by atoms with E-state index in [0.29, 0.717) is 5.75 Å². The molecule has 1 saturated heterocycles. The van der Waals surface area contributed by atoms with Gasteiger partial charge in [-0.05, 0) is 37.1 Å². The van der Waals surface area contributed by atoms with E-state index in [2.05, 4.69) is 5.32 Å². The lowest BCUT2D eigenvalue weighted by atomic mass is 10.0. The Morgan fingerprint density at radius 2 is 2.29 bits per heavy atom. The Hall–Kier alpha value is -1.06. The predicted octanol–water partition coefficient (Wildman–Crippen LogP) is 1.31. The van der Waals surface area contributed by atoms with Gasteiger partial charge in [0.1, 0.15) is 5.75 Å². The largest absolute Gasteiger partial charge is 0.508 e. The fourth-order valence-electron chi connectivity index (χ4n) is 1.93. The lowest BCUT2D eigenvalue weighted by Crippen LogP contribution is -2.13. The maximum Gasteiger partial charge on any atom is 0.120 e. The molecule has 1 fully saturated rings. The Morgan fingerprint density at radius 1 is 1.43 bits per heavy atom. The van der Waals surface area contributed by atoms with Crippen LogP contribution >= 0.6 is 0 Å². The summed E-state index contributed by atoms with van der Waals surface area (Å²) in [7, 11) is 0. The lowest BCUT2D eigenvalue weighted by Gasteiger charge is -2.13. The molecule has 0 spiro atoms. The molecule has 0 aromatic heterocycles. The number of hydrogen-bond acceptors (Lipinski definition) is 3. The van der Waals surface area contributed by atoms with E-state index in [-0.39, 0.29) is 12.6 Å². The van der Waals surface area contributed by atoms with Gasteiger partial charge >= 0.3 is 0 Å². The van der Waals surface area contributed by atoms with E-state index in [4.69, 9.17) is 5.11 Å². The van der Waals surface area contributed by atoms with E-state index in [1.807, 2.05) is 6.07 Å². The molecule has 2 rings (SSSR count). The van der Waals surface area contributed by atoms with Gasteiger partial charge in [-0.1, -0.05) is 6.07 Å². The standard InChI is InChI=1S/C11H15NO2/c13-7-8-3-4-11(14)9(6-8)10-2-1-5-12-10/h3-4,6,10,12-14H,1-2,5,7H2/t10-/m1/s1. The molecule has 3 nitrogen and oxygen atoms in total. The second-order valence-corrected chi connectivity index (χ2v) is 3.70. The summed E-state index contributed by atoms with van der Waals surface area (Å²) in [6.07, 6.45) is 2.20. The molecule has 0 unspecified atom stereocenters. The Labute approximate surface area is 83.4 Å². The molecular formula is C11H15NO2. The van der Waals surface area contributed by atoms with Crippen LogP contribution < -0.4 is 5.32 Å². The first-order valence-electron chi connectivity index (χ1n) is 4.97. The maximum absolute atomic E-state index is 9.67. The van der Waals surface area contributed by atoms with Crippen molar-refractivity contribution in [3.63, 3.8) is 0 Å². The molecule has 1 atom stereocenters. The average molecular weight is 193 g/mol. The zero-order valence-corrected chi connectivity index (χ0v) is 8.03. The second-order valence-electron chi connectivity index (χ2n) is 3.70. The molecule has 1 aromatic rings. The van der Waals surface area contributed by atoms with E-state index in [1.165, 1.54) is 0 Å². The van der Waals surface area contributed by atoms with Gasteiger partial charge in [0.15, 0.2) is 0 Å².